The summed E-state index contributed by atoms with van der Waals surface area (Å²) in [6.45, 7) is 4.21. The molecule has 0 bridgehead atoms. The Balaban J connectivity index is 2.50. The minimum absolute atomic E-state index is 0.104. The Morgan fingerprint density at radius 2 is 2.40 bits per heavy atom. The molecule has 0 unspecified atom stereocenters. The van der Waals surface area contributed by atoms with Gasteiger partial charge >= 0.3 is 0 Å². The number of amides is 2. The summed E-state index contributed by atoms with van der Waals surface area (Å²) < 4.78 is 0. The van der Waals surface area contributed by atoms with Crippen LogP contribution in [0.1, 0.15) is 20.3 Å². The van der Waals surface area contributed by atoms with Crippen molar-refractivity contribution in [3.8, 4) is 6.07 Å². The van der Waals surface area contributed by atoms with Crippen molar-refractivity contribution in [2.45, 2.75) is 26.3 Å². The molecule has 0 spiro atoms. The van der Waals surface area contributed by atoms with E-state index in [1.54, 1.807) is 13.8 Å². The Kier molecular flexibility index (Phi) is 3.67. The van der Waals surface area contributed by atoms with Crippen molar-refractivity contribution in [1.29, 1.82) is 5.26 Å². The first-order valence-corrected chi connectivity index (χ1v) is 5.02. The third-order valence-corrected chi connectivity index (χ3v) is 2.40. The van der Waals surface area contributed by atoms with E-state index in [4.69, 9.17) is 5.26 Å². The van der Waals surface area contributed by atoms with E-state index in [0.29, 0.717) is 13.0 Å². The molecular formula is C10H15N3O2. The maximum Gasteiger partial charge on any atom is 0.246 e. The van der Waals surface area contributed by atoms with E-state index in [1.165, 1.54) is 4.90 Å². The summed E-state index contributed by atoms with van der Waals surface area (Å²) in [7, 11) is 0. The van der Waals surface area contributed by atoms with Crippen LogP contribution in [0.25, 0.3) is 0 Å². The summed E-state index contributed by atoms with van der Waals surface area (Å²) in [5.74, 6) is -0.388. The number of carbonyl (C=O) groups excluding carboxylic acids is 2. The Morgan fingerprint density at radius 1 is 1.73 bits per heavy atom. The summed E-state index contributed by atoms with van der Waals surface area (Å²) in [4.78, 5) is 24.4. The molecular weight excluding hydrogens is 194 g/mol. The van der Waals surface area contributed by atoms with E-state index >= 15 is 0 Å². The van der Waals surface area contributed by atoms with Gasteiger partial charge in [-0.2, -0.15) is 5.26 Å². The second-order valence-corrected chi connectivity index (χ2v) is 3.92. The lowest BCUT2D eigenvalue weighted by molar-refractivity contribution is -0.133. The third kappa shape index (κ3) is 2.69. The molecule has 0 saturated carbocycles. The van der Waals surface area contributed by atoms with Crippen molar-refractivity contribution in [3.63, 3.8) is 0 Å². The van der Waals surface area contributed by atoms with Crippen molar-refractivity contribution in [3.05, 3.63) is 0 Å². The van der Waals surface area contributed by atoms with Crippen LogP contribution in [0.5, 0.6) is 0 Å². The fourth-order valence-corrected chi connectivity index (χ4v) is 1.45. The largest absolute Gasteiger partial charge is 0.344 e. The second kappa shape index (κ2) is 4.78. The van der Waals surface area contributed by atoms with Gasteiger partial charge in [0.05, 0.1) is 6.07 Å². The number of nitrogens with zero attached hydrogens (tertiary/aromatic N) is 2. The maximum absolute atomic E-state index is 11.6. The maximum atomic E-state index is 11.6. The highest BCUT2D eigenvalue weighted by Gasteiger charge is 2.32. The molecule has 1 aliphatic rings. The van der Waals surface area contributed by atoms with E-state index in [9.17, 15) is 9.59 Å². The average Bonchev–Trinajstić information content (AvgIpc) is 2.50. The molecule has 1 aliphatic heterocycles. The molecule has 2 amide bonds. The molecule has 5 nitrogen and oxygen atoms in total. The first-order valence-electron chi connectivity index (χ1n) is 5.02. The highest BCUT2D eigenvalue weighted by Crippen LogP contribution is 2.10. The zero-order chi connectivity index (χ0) is 11.4. The van der Waals surface area contributed by atoms with Crippen LogP contribution in [0.4, 0.5) is 0 Å². The SMILES string of the molecule is CC(C)C(=O)N[C@H]1CCN(CC#N)C1=O. The van der Waals surface area contributed by atoms with Crippen LogP contribution in [0, 0.1) is 17.2 Å². The monoisotopic (exact) mass is 209 g/mol. The van der Waals surface area contributed by atoms with Crippen LogP contribution in [-0.4, -0.2) is 35.8 Å². The fourth-order valence-electron chi connectivity index (χ4n) is 1.45. The summed E-state index contributed by atoms with van der Waals surface area (Å²) in [6, 6.07) is 1.49. The number of likely N-dealkylation sites (tertiary alicyclic amines) is 1. The first-order chi connectivity index (χ1) is 7.06. The molecule has 5 heteroatoms. The third-order valence-electron chi connectivity index (χ3n) is 2.40. The van der Waals surface area contributed by atoms with Gasteiger partial charge in [0.1, 0.15) is 12.6 Å². The van der Waals surface area contributed by atoms with Gasteiger partial charge < -0.3 is 10.2 Å². The summed E-state index contributed by atoms with van der Waals surface area (Å²) in [5, 5.41) is 11.1. The van der Waals surface area contributed by atoms with Crippen LogP contribution in [0.2, 0.25) is 0 Å². The van der Waals surface area contributed by atoms with Crippen molar-refractivity contribution in [2.75, 3.05) is 13.1 Å². The van der Waals surface area contributed by atoms with E-state index in [1.807, 2.05) is 6.07 Å². The van der Waals surface area contributed by atoms with Crippen LogP contribution in [-0.2, 0) is 9.59 Å². The fraction of sp³-hybridized carbons (Fsp3) is 0.700. The molecule has 82 valence electrons. The number of nitrogens with one attached hydrogen (secondary N) is 1. The predicted octanol–water partition coefficient (Wildman–Crippen LogP) is -0.117. The van der Waals surface area contributed by atoms with Crippen molar-refractivity contribution < 1.29 is 9.59 Å². The van der Waals surface area contributed by atoms with Gasteiger partial charge in [0.15, 0.2) is 0 Å². The number of carbonyl (C=O) groups is 2. The van der Waals surface area contributed by atoms with Crippen molar-refractivity contribution >= 4 is 11.8 Å². The highest BCUT2D eigenvalue weighted by molar-refractivity contribution is 5.89. The van der Waals surface area contributed by atoms with Gasteiger partial charge in [-0.25, -0.2) is 0 Å². The van der Waals surface area contributed by atoms with E-state index in [0.717, 1.165) is 0 Å². The van der Waals surface area contributed by atoms with Gasteiger partial charge in [-0.3, -0.25) is 9.59 Å². The van der Waals surface area contributed by atoms with Crippen LogP contribution >= 0.6 is 0 Å². The molecule has 0 radical (unpaired) electrons. The van der Waals surface area contributed by atoms with Crippen LogP contribution < -0.4 is 5.32 Å². The zero-order valence-corrected chi connectivity index (χ0v) is 8.99. The molecule has 0 aromatic rings. The molecule has 1 rings (SSSR count). The van der Waals surface area contributed by atoms with Gasteiger partial charge in [-0.15, -0.1) is 0 Å². The van der Waals surface area contributed by atoms with Gasteiger partial charge in [0, 0.05) is 12.5 Å². The minimum Gasteiger partial charge on any atom is -0.344 e. The molecule has 1 saturated heterocycles. The molecule has 0 aromatic carbocycles. The Morgan fingerprint density at radius 3 is 2.93 bits per heavy atom. The second-order valence-electron chi connectivity index (χ2n) is 3.92. The van der Waals surface area contributed by atoms with Gasteiger partial charge in [0.25, 0.3) is 0 Å². The average molecular weight is 209 g/mol. The topological polar surface area (TPSA) is 73.2 Å². The smallest absolute Gasteiger partial charge is 0.246 e. The molecule has 0 aliphatic carbocycles. The van der Waals surface area contributed by atoms with E-state index < -0.39 is 6.04 Å². The number of hydrogen-bond acceptors (Lipinski definition) is 3. The van der Waals surface area contributed by atoms with Crippen LogP contribution in [0.15, 0.2) is 0 Å². The number of nitriles is 1. The predicted molar refractivity (Wildman–Crippen MR) is 53.6 cm³/mol. The molecule has 0 aromatic heterocycles. The van der Waals surface area contributed by atoms with E-state index in [2.05, 4.69) is 5.32 Å². The zero-order valence-electron chi connectivity index (χ0n) is 8.99. The first kappa shape index (κ1) is 11.5. The summed E-state index contributed by atoms with van der Waals surface area (Å²) in [5.41, 5.74) is 0. The Hall–Kier alpha value is -1.57. The number of rotatable bonds is 3. The quantitative estimate of drug-likeness (QED) is 0.659. The van der Waals surface area contributed by atoms with Crippen LogP contribution in [0.3, 0.4) is 0 Å². The highest BCUT2D eigenvalue weighted by atomic mass is 16.2. The molecule has 1 atom stereocenters. The standard InChI is InChI=1S/C10H15N3O2/c1-7(2)9(14)12-8-3-5-13(6-4-11)10(8)15/h7-8H,3,5-6H2,1-2H3,(H,12,14)/t8-/m0/s1. The summed E-state index contributed by atoms with van der Waals surface area (Å²) >= 11 is 0. The van der Waals surface area contributed by atoms with Crippen molar-refractivity contribution in [1.82, 2.24) is 10.2 Å². The van der Waals surface area contributed by atoms with E-state index in [-0.39, 0.29) is 24.3 Å². The molecule has 1 heterocycles. The van der Waals surface area contributed by atoms with Crippen molar-refractivity contribution in [2.24, 2.45) is 5.92 Å². The normalized spacial score (nSPS) is 20.5. The Labute approximate surface area is 89.0 Å². The van der Waals surface area contributed by atoms with Gasteiger partial charge in [0.2, 0.25) is 11.8 Å². The molecule has 1 fully saturated rings. The lowest BCUT2D eigenvalue weighted by Crippen LogP contribution is -2.43. The molecule has 1 N–H and O–H groups in total. The van der Waals surface area contributed by atoms with Gasteiger partial charge in [-0.1, -0.05) is 13.8 Å². The summed E-state index contributed by atoms with van der Waals surface area (Å²) in [6.07, 6.45) is 0.596. The Bertz CT molecular complexity index is 306. The molecule has 15 heavy (non-hydrogen) atoms. The minimum atomic E-state index is -0.437. The van der Waals surface area contributed by atoms with Gasteiger partial charge in [-0.05, 0) is 6.42 Å². The number of hydrogen-bond donors (Lipinski definition) is 1. The lowest BCUT2D eigenvalue weighted by Gasteiger charge is -2.14. The lowest BCUT2D eigenvalue weighted by atomic mass is 10.2.